The SMILES string of the molecule is CC(=O)Nc1cccc(CCN(C2=NCCS2)c2ccccc2)n1. The van der Waals surface area contributed by atoms with Crippen molar-refractivity contribution >= 4 is 34.3 Å². The Bertz CT molecular complexity index is 733. The normalized spacial score (nSPS) is 13.5. The largest absolute Gasteiger partial charge is 0.321 e. The van der Waals surface area contributed by atoms with Gasteiger partial charge in [0, 0.05) is 37.0 Å². The van der Waals surface area contributed by atoms with Crippen LogP contribution < -0.4 is 10.2 Å². The van der Waals surface area contributed by atoms with Crippen molar-refractivity contribution in [3.63, 3.8) is 0 Å². The molecule has 0 fully saturated rings. The fraction of sp³-hybridized carbons (Fsp3) is 0.278. The minimum atomic E-state index is -0.109. The lowest BCUT2D eigenvalue weighted by atomic mass is 10.2. The molecular weight excluding hydrogens is 320 g/mol. The van der Waals surface area contributed by atoms with Crippen LogP contribution in [0.15, 0.2) is 53.5 Å². The Morgan fingerprint density at radius 3 is 2.75 bits per heavy atom. The van der Waals surface area contributed by atoms with Gasteiger partial charge in [-0.25, -0.2) is 4.98 Å². The van der Waals surface area contributed by atoms with Gasteiger partial charge in [0.05, 0.1) is 6.54 Å². The number of nitrogens with one attached hydrogen (secondary N) is 1. The number of amidine groups is 1. The maximum atomic E-state index is 11.2. The first-order chi connectivity index (χ1) is 11.7. The molecule has 124 valence electrons. The van der Waals surface area contributed by atoms with E-state index < -0.39 is 0 Å². The fourth-order valence-corrected chi connectivity index (χ4v) is 3.43. The molecule has 2 heterocycles. The van der Waals surface area contributed by atoms with E-state index in [-0.39, 0.29) is 5.91 Å². The molecule has 1 aliphatic rings. The van der Waals surface area contributed by atoms with Crippen molar-refractivity contribution in [1.82, 2.24) is 4.98 Å². The van der Waals surface area contributed by atoms with Crippen LogP contribution in [0, 0.1) is 0 Å². The number of para-hydroxylation sites is 1. The lowest BCUT2D eigenvalue weighted by molar-refractivity contribution is -0.114. The lowest BCUT2D eigenvalue weighted by Gasteiger charge is -2.24. The zero-order valence-corrected chi connectivity index (χ0v) is 14.4. The van der Waals surface area contributed by atoms with Crippen LogP contribution in [-0.2, 0) is 11.2 Å². The Balaban J connectivity index is 1.73. The molecule has 0 atom stereocenters. The second kappa shape index (κ2) is 7.97. The molecule has 1 aliphatic heterocycles. The van der Waals surface area contributed by atoms with Crippen molar-refractivity contribution in [2.75, 3.05) is 29.1 Å². The quantitative estimate of drug-likeness (QED) is 0.908. The van der Waals surface area contributed by atoms with E-state index in [0.29, 0.717) is 5.82 Å². The summed E-state index contributed by atoms with van der Waals surface area (Å²) in [6.45, 7) is 3.16. The fourth-order valence-electron chi connectivity index (χ4n) is 2.53. The molecule has 0 saturated carbocycles. The molecule has 1 N–H and O–H groups in total. The number of hydrogen-bond acceptors (Lipinski definition) is 5. The van der Waals surface area contributed by atoms with Crippen LogP contribution in [-0.4, -0.2) is 34.9 Å². The Morgan fingerprint density at radius 1 is 1.21 bits per heavy atom. The van der Waals surface area contributed by atoms with Crippen LogP contribution >= 0.6 is 11.8 Å². The van der Waals surface area contributed by atoms with Crippen LogP contribution in [0.4, 0.5) is 11.5 Å². The molecule has 24 heavy (non-hydrogen) atoms. The van der Waals surface area contributed by atoms with Gasteiger partial charge < -0.3 is 10.2 Å². The second-order valence-electron chi connectivity index (χ2n) is 5.45. The number of amides is 1. The smallest absolute Gasteiger partial charge is 0.222 e. The molecule has 0 unspecified atom stereocenters. The molecule has 1 aromatic heterocycles. The van der Waals surface area contributed by atoms with Crippen molar-refractivity contribution in [3.8, 4) is 0 Å². The maximum absolute atomic E-state index is 11.2. The first kappa shape index (κ1) is 16.5. The summed E-state index contributed by atoms with van der Waals surface area (Å²) in [6.07, 6.45) is 0.780. The first-order valence-electron chi connectivity index (χ1n) is 7.96. The predicted molar refractivity (Wildman–Crippen MR) is 101 cm³/mol. The van der Waals surface area contributed by atoms with Crippen molar-refractivity contribution in [2.45, 2.75) is 13.3 Å². The summed E-state index contributed by atoms with van der Waals surface area (Å²) in [7, 11) is 0. The number of rotatable bonds is 5. The predicted octanol–water partition coefficient (Wildman–Crippen LogP) is 3.19. The highest BCUT2D eigenvalue weighted by Gasteiger charge is 2.17. The molecule has 0 aliphatic carbocycles. The third-order valence-corrected chi connectivity index (χ3v) is 4.57. The van der Waals surface area contributed by atoms with E-state index in [4.69, 9.17) is 0 Å². The van der Waals surface area contributed by atoms with Gasteiger partial charge in [-0.15, -0.1) is 0 Å². The van der Waals surface area contributed by atoms with E-state index in [0.717, 1.165) is 41.8 Å². The van der Waals surface area contributed by atoms with Crippen LogP contribution in [0.2, 0.25) is 0 Å². The summed E-state index contributed by atoms with van der Waals surface area (Å²) in [5.74, 6) is 1.52. The topological polar surface area (TPSA) is 57.6 Å². The van der Waals surface area contributed by atoms with Crippen LogP contribution in [0.1, 0.15) is 12.6 Å². The maximum Gasteiger partial charge on any atom is 0.222 e. The number of thioether (sulfide) groups is 1. The van der Waals surface area contributed by atoms with E-state index in [1.54, 1.807) is 17.8 Å². The van der Waals surface area contributed by atoms with Gasteiger partial charge in [-0.1, -0.05) is 36.0 Å². The zero-order chi connectivity index (χ0) is 16.8. The van der Waals surface area contributed by atoms with E-state index in [1.165, 1.54) is 6.92 Å². The van der Waals surface area contributed by atoms with Gasteiger partial charge in [-0.3, -0.25) is 9.79 Å². The summed E-state index contributed by atoms with van der Waals surface area (Å²) in [5, 5.41) is 3.80. The minimum Gasteiger partial charge on any atom is -0.321 e. The highest BCUT2D eigenvalue weighted by atomic mass is 32.2. The number of pyridine rings is 1. The van der Waals surface area contributed by atoms with Crippen LogP contribution in [0.25, 0.3) is 0 Å². The summed E-state index contributed by atoms with van der Waals surface area (Å²) in [4.78, 5) is 22.5. The number of hydrogen-bond donors (Lipinski definition) is 1. The number of nitrogens with zero attached hydrogens (tertiary/aromatic N) is 3. The van der Waals surface area contributed by atoms with Gasteiger partial charge in [0.15, 0.2) is 5.17 Å². The van der Waals surface area contributed by atoms with E-state index in [2.05, 4.69) is 32.3 Å². The highest BCUT2D eigenvalue weighted by Crippen LogP contribution is 2.23. The zero-order valence-electron chi connectivity index (χ0n) is 13.6. The number of benzene rings is 1. The van der Waals surface area contributed by atoms with E-state index in [9.17, 15) is 4.79 Å². The van der Waals surface area contributed by atoms with Gasteiger partial charge in [-0.05, 0) is 24.3 Å². The Labute approximate surface area is 146 Å². The molecule has 6 heteroatoms. The Morgan fingerprint density at radius 2 is 2.04 bits per heavy atom. The average molecular weight is 340 g/mol. The number of anilines is 2. The number of carbonyl (C=O) groups excluding carboxylic acids is 1. The molecule has 3 rings (SSSR count). The molecule has 0 bridgehead atoms. The van der Waals surface area contributed by atoms with Gasteiger partial charge >= 0.3 is 0 Å². The standard InChI is InChI=1S/C18H20N4OS/c1-14(23)20-17-9-5-6-15(21-17)10-12-22(18-19-11-13-24-18)16-7-3-2-4-8-16/h2-9H,10-13H2,1H3,(H,20,21,23). The Hall–Kier alpha value is -2.34. The molecule has 1 aromatic carbocycles. The number of carbonyl (C=O) groups is 1. The summed E-state index contributed by atoms with van der Waals surface area (Å²) >= 11 is 1.79. The van der Waals surface area contributed by atoms with Crippen LogP contribution in [0.5, 0.6) is 0 Å². The first-order valence-corrected chi connectivity index (χ1v) is 8.94. The third kappa shape index (κ3) is 4.35. The van der Waals surface area contributed by atoms with Crippen molar-refractivity contribution < 1.29 is 4.79 Å². The van der Waals surface area contributed by atoms with E-state index in [1.807, 2.05) is 30.3 Å². The monoisotopic (exact) mass is 340 g/mol. The third-order valence-electron chi connectivity index (χ3n) is 3.57. The molecule has 0 radical (unpaired) electrons. The van der Waals surface area contributed by atoms with Crippen molar-refractivity contribution in [2.24, 2.45) is 4.99 Å². The molecule has 0 saturated heterocycles. The summed E-state index contributed by atoms with van der Waals surface area (Å²) < 4.78 is 0. The second-order valence-corrected chi connectivity index (χ2v) is 6.51. The lowest BCUT2D eigenvalue weighted by Crippen LogP contribution is -2.30. The number of aliphatic imine (C=N–C) groups is 1. The Kier molecular flexibility index (Phi) is 5.48. The molecule has 2 aromatic rings. The minimum absolute atomic E-state index is 0.109. The summed E-state index contributed by atoms with van der Waals surface area (Å²) in [6, 6.07) is 16.0. The number of aromatic nitrogens is 1. The molecule has 0 spiro atoms. The van der Waals surface area contributed by atoms with Gasteiger partial charge in [0.25, 0.3) is 0 Å². The molecule has 5 nitrogen and oxygen atoms in total. The highest BCUT2D eigenvalue weighted by molar-refractivity contribution is 8.14. The van der Waals surface area contributed by atoms with Crippen LogP contribution in [0.3, 0.4) is 0 Å². The molecular formula is C18H20N4OS. The van der Waals surface area contributed by atoms with E-state index >= 15 is 0 Å². The average Bonchev–Trinajstić information content (AvgIpc) is 3.10. The van der Waals surface area contributed by atoms with Gasteiger partial charge in [-0.2, -0.15) is 0 Å². The van der Waals surface area contributed by atoms with Gasteiger partial charge in [0.2, 0.25) is 5.91 Å². The molecule has 1 amide bonds. The van der Waals surface area contributed by atoms with Crippen molar-refractivity contribution in [3.05, 3.63) is 54.2 Å². The van der Waals surface area contributed by atoms with Gasteiger partial charge in [0.1, 0.15) is 5.82 Å². The summed E-state index contributed by atoms with van der Waals surface area (Å²) in [5.41, 5.74) is 2.09. The van der Waals surface area contributed by atoms with Crippen molar-refractivity contribution in [1.29, 1.82) is 0 Å².